The molecule has 0 saturated carbocycles. The molecular weight excluding hydrogens is 290 g/mol. The molecule has 4 nitrogen and oxygen atoms in total. The van der Waals surface area contributed by atoms with Crippen molar-refractivity contribution in [3.05, 3.63) is 66.2 Å². The van der Waals surface area contributed by atoms with Gasteiger partial charge in [0, 0.05) is 11.3 Å². The Bertz CT molecular complexity index is 690. The average molecular weight is 311 g/mol. The highest BCUT2D eigenvalue weighted by Gasteiger charge is 2.06. The van der Waals surface area contributed by atoms with E-state index in [2.05, 4.69) is 6.58 Å². The lowest BCUT2D eigenvalue weighted by Crippen LogP contribution is -1.98. The third-order valence-corrected chi connectivity index (χ3v) is 3.29. The van der Waals surface area contributed by atoms with Gasteiger partial charge in [0.2, 0.25) is 0 Å². The van der Waals surface area contributed by atoms with Gasteiger partial charge in [0.15, 0.2) is 11.5 Å². The second-order valence-electron chi connectivity index (χ2n) is 4.84. The standard InChI is InChI=1S/C19H21NO3/c1-4-11-23-16-8-5-14(6-9-16)12-17(20)15-7-10-18(21-2)19(13-15)22-3/h4-10,12-13H,1,11,20H2,2-3H3/b17-12-. The topological polar surface area (TPSA) is 53.7 Å². The van der Waals surface area contributed by atoms with Gasteiger partial charge in [-0.25, -0.2) is 0 Å². The van der Waals surface area contributed by atoms with Crippen LogP contribution in [-0.2, 0) is 0 Å². The zero-order valence-electron chi connectivity index (χ0n) is 13.4. The molecular formula is C19H21NO3. The molecule has 120 valence electrons. The van der Waals surface area contributed by atoms with Crippen molar-refractivity contribution >= 4 is 11.8 Å². The first-order chi connectivity index (χ1) is 11.2. The lowest BCUT2D eigenvalue weighted by Gasteiger charge is -2.10. The van der Waals surface area contributed by atoms with Gasteiger partial charge in [0.1, 0.15) is 12.4 Å². The van der Waals surface area contributed by atoms with E-state index in [9.17, 15) is 0 Å². The van der Waals surface area contributed by atoms with Gasteiger partial charge in [-0.2, -0.15) is 0 Å². The SMILES string of the molecule is C=CCOc1ccc(/C=C(\N)c2ccc(OC)c(OC)c2)cc1. The number of hydrogen-bond donors (Lipinski definition) is 1. The van der Waals surface area contributed by atoms with Crippen molar-refractivity contribution in [3.8, 4) is 17.2 Å². The zero-order chi connectivity index (χ0) is 16.7. The summed E-state index contributed by atoms with van der Waals surface area (Å²) in [5.41, 5.74) is 8.68. The van der Waals surface area contributed by atoms with Gasteiger partial charge >= 0.3 is 0 Å². The Morgan fingerprint density at radius 1 is 1.04 bits per heavy atom. The molecule has 0 amide bonds. The summed E-state index contributed by atoms with van der Waals surface area (Å²) in [5.74, 6) is 2.12. The average Bonchev–Trinajstić information content (AvgIpc) is 2.60. The van der Waals surface area contributed by atoms with Crippen molar-refractivity contribution in [2.75, 3.05) is 20.8 Å². The molecule has 0 saturated heterocycles. The number of hydrogen-bond acceptors (Lipinski definition) is 4. The molecule has 4 heteroatoms. The second kappa shape index (κ2) is 7.94. The van der Waals surface area contributed by atoms with E-state index >= 15 is 0 Å². The largest absolute Gasteiger partial charge is 0.493 e. The van der Waals surface area contributed by atoms with Crippen LogP contribution in [-0.4, -0.2) is 20.8 Å². The summed E-state index contributed by atoms with van der Waals surface area (Å²) in [6.07, 6.45) is 3.61. The van der Waals surface area contributed by atoms with Crippen LogP contribution in [0.4, 0.5) is 0 Å². The molecule has 2 aromatic carbocycles. The smallest absolute Gasteiger partial charge is 0.161 e. The Morgan fingerprint density at radius 3 is 2.35 bits per heavy atom. The van der Waals surface area contributed by atoms with Crippen LogP contribution in [0.1, 0.15) is 11.1 Å². The molecule has 0 unspecified atom stereocenters. The van der Waals surface area contributed by atoms with Crippen LogP contribution in [0.25, 0.3) is 11.8 Å². The fourth-order valence-electron chi connectivity index (χ4n) is 2.09. The van der Waals surface area contributed by atoms with Crippen LogP contribution in [0.15, 0.2) is 55.1 Å². The Kier molecular flexibility index (Phi) is 5.69. The third kappa shape index (κ3) is 4.30. The van der Waals surface area contributed by atoms with Gasteiger partial charge in [-0.1, -0.05) is 24.8 Å². The molecule has 0 spiro atoms. The molecule has 2 N–H and O–H groups in total. The normalized spacial score (nSPS) is 11.0. The van der Waals surface area contributed by atoms with E-state index in [4.69, 9.17) is 19.9 Å². The van der Waals surface area contributed by atoms with Crippen LogP contribution in [0.2, 0.25) is 0 Å². The molecule has 0 aliphatic rings. The lowest BCUT2D eigenvalue weighted by molar-refractivity contribution is 0.355. The van der Waals surface area contributed by atoms with Crippen molar-refractivity contribution in [3.63, 3.8) is 0 Å². The summed E-state index contributed by atoms with van der Waals surface area (Å²) in [6.45, 7) is 4.11. The van der Waals surface area contributed by atoms with E-state index in [1.54, 1.807) is 20.3 Å². The quantitative estimate of drug-likeness (QED) is 0.625. The van der Waals surface area contributed by atoms with Crippen LogP contribution in [0.3, 0.4) is 0 Å². The Hall–Kier alpha value is -2.88. The lowest BCUT2D eigenvalue weighted by atomic mass is 10.1. The molecule has 0 bridgehead atoms. The van der Waals surface area contributed by atoms with Gasteiger partial charge in [0.25, 0.3) is 0 Å². The van der Waals surface area contributed by atoms with Crippen LogP contribution >= 0.6 is 0 Å². The maximum Gasteiger partial charge on any atom is 0.161 e. The first kappa shape index (κ1) is 16.5. The Balaban J connectivity index is 2.20. The van der Waals surface area contributed by atoms with Crippen molar-refractivity contribution in [1.82, 2.24) is 0 Å². The van der Waals surface area contributed by atoms with Gasteiger partial charge in [0.05, 0.1) is 14.2 Å². The monoisotopic (exact) mass is 311 g/mol. The highest BCUT2D eigenvalue weighted by atomic mass is 16.5. The molecule has 0 radical (unpaired) electrons. The minimum atomic E-state index is 0.489. The number of benzene rings is 2. The highest BCUT2D eigenvalue weighted by Crippen LogP contribution is 2.29. The maximum absolute atomic E-state index is 6.18. The first-order valence-corrected chi connectivity index (χ1v) is 7.21. The van der Waals surface area contributed by atoms with Crippen molar-refractivity contribution in [1.29, 1.82) is 0 Å². The van der Waals surface area contributed by atoms with Gasteiger partial charge < -0.3 is 19.9 Å². The van der Waals surface area contributed by atoms with Crippen LogP contribution in [0.5, 0.6) is 17.2 Å². The Morgan fingerprint density at radius 2 is 1.74 bits per heavy atom. The van der Waals surface area contributed by atoms with E-state index in [1.165, 1.54) is 0 Å². The minimum absolute atomic E-state index is 0.489. The van der Waals surface area contributed by atoms with E-state index in [1.807, 2.05) is 48.5 Å². The fraction of sp³-hybridized carbons (Fsp3) is 0.158. The highest BCUT2D eigenvalue weighted by molar-refractivity contribution is 5.80. The summed E-state index contributed by atoms with van der Waals surface area (Å²) < 4.78 is 16.0. The zero-order valence-corrected chi connectivity index (χ0v) is 13.4. The summed E-state index contributed by atoms with van der Waals surface area (Å²) in [7, 11) is 3.20. The van der Waals surface area contributed by atoms with Gasteiger partial charge in [-0.05, 0) is 42.0 Å². The van der Waals surface area contributed by atoms with Crippen molar-refractivity contribution in [2.24, 2.45) is 5.73 Å². The van der Waals surface area contributed by atoms with E-state index < -0.39 is 0 Å². The number of rotatable bonds is 7. The second-order valence-corrected chi connectivity index (χ2v) is 4.84. The van der Waals surface area contributed by atoms with Crippen LogP contribution in [0, 0.1) is 0 Å². The van der Waals surface area contributed by atoms with Gasteiger partial charge in [-0.15, -0.1) is 0 Å². The molecule has 0 aliphatic heterocycles. The molecule has 23 heavy (non-hydrogen) atoms. The fourth-order valence-corrected chi connectivity index (χ4v) is 2.09. The first-order valence-electron chi connectivity index (χ1n) is 7.21. The van der Waals surface area contributed by atoms with Gasteiger partial charge in [-0.3, -0.25) is 0 Å². The summed E-state index contributed by atoms with van der Waals surface area (Å²) >= 11 is 0. The molecule has 0 atom stereocenters. The third-order valence-electron chi connectivity index (χ3n) is 3.29. The maximum atomic E-state index is 6.18. The molecule has 0 aromatic heterocycles. The van der Waals surface area contributed by atoms with Crippen LogP contribution < -0.4 is 19.9 Å². The molecule has 2 aromatic rings. The molecule has 0 fully saturated rings. The number of methoxy groups -OCH3 is 2. The van der Waals surface area contributed by atoms with Crippen molar-refractivity contribution in [2.45, 2.75) is 0 Å². The molecule has 0 aliphatic carbocycles. The van der Waals surface area contributed by atoms with E-state index in [0.29, 0.717) is 23.8 Å². The van der Waals surface area contributed by atoms with E-state index in [0.717, 1.165) is 16.9 Å². The summed E-state index contributed by atoms with van der Waals surface area (Å²) in [4.78, 5) is 0. The molecule has 0 heterocycles. The predicted molar refractivity (Wildman–Crippen MR) is 93.7 cm³/mol. The number of nitrogens with two attached hydrogens (primary N) is 1. The summed E-state index contributed by atoms with van der Waals surface area (Å²) in [6, 6.07) is 13.3. The van der Waals surface area contributed by atoms with E-state index in [-0.39, 0.29) is 0 Å². The Labute approximate surface area is 136 Å². The summed E-state index contributed by atoms with van der Waals surface area (Å²) in [5, 5.41) is 0. The number of ether oxygens (including phenoxy) is 3. The van der Waals surface area contributed by atoms with Crippen molar-refractivity contribution < 1.29 is 14.2 Å². The predicted octanol–water partition coefficient (Wildman–Crippen LogP) is 3.73. The minimum Gasteiger partial charge on any atom is -0.493 e. The molecule has 2 rings (SSSR count).